The molecule has 1 aromatic rings. The third-order valence-corrected chi connectivity index (χ3v) is 3.53. The SMILES string of the molecule is COCc1nc(CC(=O)N2CCCC2)cs1. The molecule has 2 rings (SSSR count). The smallest absolute Gasteiger partial charge is 0.228 e. The molecule has 0 aliphatic carbocycles. The topological polar surface area (TPSA) is 42.4 Å². The average molecular weight is 240 g/mol. The van der Waals surface area contributed by atoms with Crippen LogP contribution in [-0.2, 0) is 22.6 Å². The van der Waals surface area contributed by atoms with Crippen LogP contribution in [0.1, 0.15) is 23.5 Å². The quantitative estimate of drug-likeness (QED) is 0.800. The van der Waals surface area contributed by atoms with Gasteiger partial charge in [0.05, 0.1) is 18.7 Å². The molecule has 0 unspecified atom stereocenters. The van der Waals surface area contributed by atoms with Gasteiger partial charge in [0.2, 0.25) is 5.91 Å². The van der Waals surface area contributed by atoms with E-state index in [1.54, 1.807) is 18.4 Å². The van der Waals surface area contributed by atoms with E-state index in [1.165, 1.54) is 0 Å². The number of likely N-dealkylation sites (tertiary alicyclic amines) is 1. The molecule has 2 heterocycles. The summed E-state index contributed by atoms with van der Waals surface area (Å²) >= 11 is 1.55. The second-order valence-corrected chi connectivity index (χ2v) is 4.87. The van der Waals surface area contributed by atoms with E-state index in [2.05, 4.69) is 4.98 Å². The fourth-order valence-electron chi connectivity index (χ4n) is 1.85. The largest absolute Gasteiger partial charge is 0.378 e. The number of aromatic nitrogens is 1. The summed E-state index contributed by atoms with van der Waals surface area (Å²) in [6, 6.07) is 0. The molecule has 1 saturated heterocycles. The third kappa shape index (κ3) is 2.80. The van der Waals surface area contributed by atoms with Gasteiger partial charge in [-0.3, -0.25) is 4.79 Å². The van der Waals surface area contributed by atoms with Crippen molar-refractivity contribution in [2.75, 3.05) is 20.2 Å². The predicted molar refractivity (Wildman–Crippen MR) is 62.3 cm³/mol. The van der Waals surface area contributed by atoms with E-state index >= 15 is 0 Å². The molecule has 1 aliphatic rings. The molecule has 1 amide bonds. The monoisotopic (exact) mass is 240 g/mol. The van der Waals surface area contributed by atoms with Gasteiger partial charge in [-0.15, -0.1) is 11.3 Å². The van der Waals surface area contributed by atoms with Crippen LogP contribution in [-0.4, -0.2) is 36.0 Å². The Morgan fingerprint density at radius 2 is 2.31 bits per heavy atom. The number of thiazole rings is 1. The Morgan fingerprint density at radius 1 is 1.56 bits per heavy atom. The van der Waals surface area contributed by atoms with E-state index in [0.29, 0.717) is 13.0 Å². The lowest BCUT2D eigenvalue weighted by atomic mass is 10.3. The Labute approximate surface area is 99.2 Å². The van der Waals surface area contributed by atoms with E-state index in [4.69, 9.17) is 4.74 Å². The van der Waals surface area contributed by atoms with Gasteiger partial charge in [0.15, 0.2) is 0 Å². The Hall–Kier alpha value is -0.940. The van der Waals surface area contributed by atoms with Crippen LogP contribution in [0.5, 0.6) is 0 Å². The zero-order valence-electron chi connectivity index (χ0n) is 9.44. The molecule has 1 aliphatic heterocycles. The van der Waals surface area contributed by atoms with Gasteiger partial charge in [0.25, 0.3) is 0 Å². The molecule has 88 valence electrons. The molecule has 1 aromatic heterocycles. The lowest BCUT2D eigenvalue weighted by Gasteiger charge is -2.13. The van der Waals surface area contributed by atoms with E-state index < -0.39 is 0 Å². The summed E-state index contributed by atoms with van der Waals surface area (Å²) in [5.41, 5.74) is 0.869. The van der Waals surface area contributed by atoms with E-state index in [-0.39, 0.29) is 5.91 Å². The van der Waals surface area contributed by atoms with Gasteiger partial charge in [0, 0.05) is 25.6 Å². The highest BCUT2D eigenvalue weighted by molar-refractivity contribution is 7.09. The van der Waals surface area contributed by atoms with Gasteiger partial charge < -0.3 is 9.64 Å². The van der Waals surface area contributed by atoms with Crippen molar-refractivity contribution >= 4 is 17.2 Å². The van der Waals surface area contributed by atoms with Crippen LogP contribution in [0.3, 0.4) is 0 Å². The molecule has 0 radical (unpaired) electrons. The predicted octanol–water partition coefficient (Wildman–Crippen LogP) is 1.45. The third-order valence-electron chi connectivity index (χ3n) is 2.66. The lowest BCUT2D eigenvalue weighted by Crippen LogP contribution is -2.29. The minimum Gasteiger partial charge on any atom is -0.378 e. The Morgan fingerprint density at radius 3 is 3.00 bits per heavy atom. The maximum atomic E-state index is 11.8. The van der Waals surface area contributed by atoms with E-state index in [0.717, 1.165) is 36.6 Å². The van der Waals surface area contributed by atoms with Gasteiger partial charge in [0.1, 0.15) is 5.01 Å². The molecule has 4 nitrogen and oxygen atoms in total. The van der Waals surface area contributed by atoms with Gasteiger partial charge in [-0.2, -0.15) is 0 Å². The Kier molecular flexibility index (Phi) is 3.90. The maximum Gasteiger partial charge on any atom is 0.228 e. The van der Waals surface area contributed by atoms with Crippen LogP contribution in [0.15, 0.2) is 5.38 Å². The Bertz CT molecular complexity index is 359. The highest BCUT2D eigenvalue weighted by Crippen LogP contribution is 2.14. The summed E-state index contributed by atoms with van der Waals surface area (Å²) in [4.78, 5) is 18.1. The molecular weight excluding hydrogens is 224 g/mol. The average Bonchev–Trinajstić information content (AvgIpc) is 2.89. The maximum absolute atomic E-state index is 11.8. The van der Waals surface area contributed by atoms with E-state index in [9.17, 15) is 4.79 Å². The summed E-state index contributed by atoms with van der Waals surface area (Å²) in [5.74, 6) is 0.201. The Balaban J connectivity index is 1.89. The normalized spacial score (nSPS) is 15.7. The molecule has 16 heavy (non-hydrogen) atoms. The summed E-state index contributed by atoms with van der Waals surface area (Å²) in [5, 5.41) is 2.88. The van der Waals surface area contributed by atoms with Crippen LogP contribution in [0.2, 0.25) is 0 Å². The van der Waals surface area contributed by atoms with Crippen LogP contribution in [0.25, 0.3) is 0 Å². The number of hydrogen-bond donors (Lipinski definition) is 0. The van der Waals surface area contributed by atoms with Gasteiger partial charge in [-0.05, 0) is 12.8 Å². The lowest BCUT2D eigenvalue weighted by molar-refractivity contribution is -0.129. The standard InChI is InChI=1S/C11H16N2O2S/c1-15-7-10-12-9(8-16-10)6-11(14)13-4-2-3-5-13/h8H,2-7H2,1H3. The number of carbonyl (C=O) groups is 1. The number of hydrogen-bond acceptors (Lipinski definition) is 4. The highest BCUT2D eigenvalue weighted by atomic mass is 32.1. The summed E-state index contributed by atoms with van der Waals surface area (Å²) in [6.45, 7) is 2.35. The minimum absolute atomic E-state index is 0.201. The van der Waals surface area contributed by atoms with Crippen LogP contribution < -0.4 is 0 Å². The molecule has 0 atom stereocenters. The molecule has 0 bridgehead atoms. The first kappa shape index (κ1) is 11.5. The van der Waals surface area contributed by atoms with Crippen molar-refractivity contribution in [1.29, 1.82) is 0 Å². The van der Waals surface area contributed by atoms with Gasteiger partial charge in [-0.25, -0.2) is 4.98 Å². The van der Waals surface area contributed by atoms with Crippen molar-refractivity contribution in [2.24, 2.45) is 0 Å². The molecule has 0 N–H and O–H groups in total. The van der Waals surface area contributed by atoms with Crippen LogP contribution >= 0.6 is 11.3 Å². The van der Waals surface area contributed by atoms with Gasteiger partial charge >= 0.3 is 0 Å². The minimum atomic E-state index is 0.201. The van der Waals surface area contributed by atoms with Crippen LogP contribution in [0, 0.1) is 0 Å². The summed E-state index contributed by atoms with van der Waals surface area (Å²) < 4.78 is 5.00. The molecule has 0 saturated carbocycles. The number of methoxy groups -OCH3 is 1. The summed E-state index contributed by atoms with van der Waals surface area (Å²) in [6.07, 6.45) is 2.70. The number of carbonyl (C=O) groups excluding carboxylic acids is 1. The first-order chi connectivity index (χ1) is 7.79. The summed E-state index contributed by atoms with van der Waals surface area (Å²) in [7, 11) is 1.65. The molecule has 0 spiro atoms. The van der Waals surface area contributed by atoms with E-state index in [1.807, 2.05) is 10.3 Å². The van der Waals surface area contributed by atoms with Crippen molar-refractivity contribution in [3.05, 3.63) is 16.1 Å². The molecule has 5 heteroatoms. The first-order valence-electron chi connectivity index (χ1n) is 5.49. The van der Waals surface area contributed by atoms with Crippen molar-refractivity contribution in [3.8, 4) is 0 Å². The zero-order valence-corrected chi connectivity index (χ0v) is 10.3. The second-order valence-electron chi connectivity index (χ2n) is 3.93. The number of amides is 1. The zero-order chi connectivity index (χ0) is 11.4. The van der Waals surface area contributed by atoms with Crippen LogP contribution in [0.4, 0.5) is 0 Å². The fourth-order valence-corrected chi connectivity index (χ4v) is 2.62. The van der Waals surface area contributed by atoms with Gasteiger partial charge in [-0.1, -0.05) is 0 Å². The second kappa shape index (κ2) is 5.41. The highest BCUT2D eigenvalue weighted by Gasteiger charge is 2.18. The number of ether oxygens (including phenoxy) is 1. The van der Waals surface area contributed by atoms with Crippen molar-refractivity contribution < 1.29 is 9.53 Å². The molecule has 0 aromatic carbocycles. The molecule has 1 fully saturated rings. The number of nitrogens with zero attached hydrogens (tertiary/aromatic N) is 2. The fraction of sp³-hybridized carbons (Fsp3) is 0.636. The first-order valence-corrected chi connectivity index (χ1v) is 6.37. The van der Waals surface area contributed by atoms with Crippen molar-refractivity contribution in [1.82, 2.24) is 9.88 Å². The van der Waals surface area contributed by atoms with Crippen molar-refractivity contribution in [3.63, 3.8) is 0 Å². The van der Waals surface area contributed by atoms with Crippen molar-refractivity contribution in [2.45, 2.75) is 25.9 Å². The number of rotatable bonds is 4. The molecular formula is C11H16N2O2S.